The minimum atomic E-state index is -0.117. The summed E-state index contributed by atoms with van der Waals surface area (Å²) in [5, 5.41) is 6.46. The second-order valence-electron chi connectivity index (χ2n) is 2.66. The van der Waals surface area contributed by atoms with E-state index < -0.39 is 0 Å². The molecule has 0 amide bonds. The van der Waals surface area contributed by atoms with Crippen molar-refractivity contribution in [2.24, 2.45) is 5.84 Å². The van der Waals surface area contributed by atoms with Crippen molar-refractivity contribution in [1.29, 1.82) is 0 Å². The second-order valence-corrected chi connectivity index (χ2v) is 2.66. The first-order valence-electron chi connectivity index (χ1n) is 4.27. The van der Waals surface area contributed by atoms with E-state index in [1.807, 2.05) is 0 Å². The Morgan fingerprint density at radius 2 is 2.62 bits per heavy atom. The Morgan fingerprint density at radius 1 is 1.77 bits per heavy atom. The fraction of sp³-hybridized carbons (Fsp3) is 0.714. The van der Waals surface area contributed by atoms with Gasteiger partial charge in [-0.05, 0) is 6.42 Å². The van der Waals surface area contributed by atoms with E-state index >= 15 is 0 Å². The molecule has 74 valence electrons. The summed E-state index contributed by atoms with van der Waals surface area (Å²) in [5.41, 5.74) is 2.60. The minimum absolute atomic E-state index is 0.117. The second kappa shape index (κ2) is 5.63. The van der Waals surface area contributed by atoms with E-state index in [2.05, 4.69) is 27.5 Å². The van der Waals surface area contributed by atoms with Crippen molar-refractivity contribution in [3.05, 3.63) is 12.2 Å². The number of H-pyrrole nitrogens is 1. The summed E-state index contributed by atoms with van der Waals surface area (Å²) in [6.07, 6.45) is 2.44. The average molecular weight is 185 g/mol. The number of ether oxygens (including phenoxy) is 1. The third-order valence-electron chi connectivity index (χ3n) is 1.60. The lowest BCUT2D eigenvalue weighted by molar-refractivity contribution is 0.110. The molecular formula is C7H15N5O. The Morgan fingerprint density at radius 3 is 3.15 bits per heavy atom. The lowest BCUT2D eigenvalue weighted by atomic mass is 10.3. The number of hydrogen-bond acceptors (Lipinski definition) is 5. The van der Waals surface area contributed by atoms with Gasteiger partial charge in [0.15, 0.2) is 0 Å². The van der Waals surface area contributed by atoms with Gasteiger partial charge in [-0.3, -0.25) is 10.9 Å². The molecule has 4 N–H and O–H groups in total. The largest absolute Gasteiger partial charge is 0.379 e. The fourth-order valence-electron chi connectivity index (χ4n) is 0.934. The first-order valence-corrected chi connectivity index (χ1v) is 4.27. The summed E-state index contributed by atoms with van der Waals surface area (Å²) < 4.78 is 5.33. The van der Waals surface area contributed by atoms with E-state index in [0.29, 0.717) is 12.4 Å². The molecule has 0 saturated heterocycles. The zero-order chi connectivity index (χ0) is 9.52. The standard InChI is InChI=1S/C7H15N5O/c1-2-3-13-4-6(11-8)7-9-5-10-12-7/h5-6,11H,2-4,8H2,1H3,(H,9,10,12). The fourth-order valence-corrected chi connectivity index (χ4v) is 0.934. The van der Waals surface area contributed by atoms with Crippen molar-refractivity contribution < 1.29 is 4.74 Å². The van der Waals surface area contributed by atoms with Crippen LogP contribution in [0.3, 0.4) is 0 Å². The predicted molar refractivity (Wildman–Crippen MR) is 47.6 cm³/mol. The Bertz CT molecular complexity index is 213. The molecule has 0 aromatic carbocycles. The normalized spacial score (nSPS) is 13.1. The van der Waals surface area contributed by atoms with Gasteiger partial charge < -0.3 is 4.74 Å². The molecule has 13 heavy (non-hydrogen) atoms. The molecule has 1 heterocycles. The molecule has 6 heteroatoms. The molecule has 0 radical (unpaired) electrons. The maximum atomic E-state index is 5.33. The molecule has 0 bridgehead atoms. The molecule has 0 aliphatic carbocycles. The van der Waals surface area contributed by atoms with E-state index in [1.54, 1.807) is 0 Å². The molecule has 0 saturated carbocycles. The molecular weight excluding hydrogens is 170 g/mol. The van der Waals surface area contributed by atoms with E-state index in [4.69, 9.17) is 10.6 Å². The minimum Gasteiger partial charge on any atom is -0.379 e. The van der Waals surface area contributed by atoms with Gasteiger partial charge in [-0.1, -0.05) is 6.92 Å². The van der Waals surface area contributed by atoms with Gasteiger partial charge in [0.25, 0.3) is 0 Å². The summed E-state index contributed by atoms with van der Waals surface area (Å²) in [4.78, 5) is 3.98. The first-order chi connectivity index (χ1) is 6.38. The highest BCUT2D eigenvalue weighted by Gasteiger charge is 2.11. The van der Waals surface area contributed by atoms with Crippen LogP contribution in [0.5, 0.6) is 0 Å². The number of hydrazine groups is 1. The van der Waals surface area contributed by atoms with Gasteiger partial charge in [-0.15, -0.1) is 0 Å². The van der Waals surface area contributed by atoms with Crippen LogP contribution in [0, 0.1) is 0 Å². The van der Waals surface area contributed by atoms with Crippen molar-refractivity contribution >= 4 is 0 Å². The summed E-state index contributed by atoms with van der Waals surface area (Å²) in [6, 6.07) is -0.117. The monoisotopic (exact) mass is 185 g/mol. The third-order valence-corrected chi connectivity index (χ3v) is 1.60. The third kappa shape index (κ3) is 3.10. The van der Waals surface area contributed by atoms with Crippen LogP contribution in [0.15, 0.2) is 6.33 Å². The lowest BCUT2D eigenvalue weighted by Crippen LogP contribution is -2.32. The molecule has 1 aromatic heterocycles. The smallest absolute Gasteiger partial charge is 0.145 e. The number of hydrogen-bond donors (Lipinski definition) is 3. The molecule has 0 aliphatic heterocycles. The summed E-state index contributed by atoms with van der Waals surface area (Å²) in [6.45, 7) is 3.28. The van der Waals surface area contributed by atoms with Crippen LogP contribution in [-0.2, 0) is 4.74 Å². The van der Waals surface area contributed by atoms with Crippen LogP contribution in [0.1, 0.15) is 25.2 Å². The highest BCUT2D eigenvalue weighted by molar-refractivity contribution is 4.89. The van der Waals surface area contributed by atoms with Crippen molar-refractivity contribution in [2.45, 2.75) is 19.4 Å². The number of aromatic amines is 1. The van der Waals surface area contributed by atoms with Gasteiger partial charge in [0.2, 0.25) is 0 Å². The van der Waals surface area contributed by atoms with Crippen LogP contribution in [-0.4, -0.2) is 28.4 Å². The average Bonchev–Trinajstić information content (AvgIpc) is 2.65. The molecule has 1 aromatic rings. The van der Waals surface area contributed by atoms with Crippen molar-refractivity contribution in [3.63, 3.8) is 0 Å². The number of nitrogens with zero attached hydrogens (tertiary/aromatic N) is 2. The van der Waals surface area contributed by atoms with Gasteiger partial charge in [0.05, 0.1) is 6.61 Å². The summed E-state index contributed by atoms with van der Waals surface area (Å²) in [5.74, 6) is 6.02. The topological polar surface area (TPSA) is 88.8 Å². The molecule has 0 aliphatic rings. The van der Waals surface area contributed by atoms with Gasteiger partial charge in [0.1, 0.15) is 18.2 Å². The maximum Gasteiger partial charge on any atom is 0.145 e. The number of nitrogens with one attached hydrogen (secondary N) is 2. The van der Waals surface area contributed by atoms with Crippen molar-refractivity contribution in [3.8, 4) is 0 Å². The molecule has 0 fully saturated rings. The van der Waals surface area contributed by atoms with Crippen LogP contribution >= 0.6 is 0 Å². The number of aromatic nitrogens is 3. The first kappa shape index (κ1) is 10.1. The van der Waals surface area contributed by atoms with E-state index in [0.717, 1.165) is 13.0 Å². The summed E-state index contributed by atoms with van der Waals surface area (Å²) in [7, 11) is 0. The van der Waals surface area contributed by atoms with E-state index in [-0.39, 0.29) is 6.04 Å². The number of nitrogens with two attached hydrogens (primary N) is 1. The van der Waals surface area contributed by atoms with Gasteiger partial charge in [0, 0.05) is 6.61 Å². The predicted octanol–water partition coefficient (Wildman–Crippen LogP) is -0.264. The van der Waals surface area contributed by atoms with Gasteiger partial charge in [-0.2, -0.15) is 5.10 Å². The summed E-state index contributed by atoms with van der Waals surface area (Å²) >= 11 is 0. The van der Waals surface area contributed by atoms with Gasteiger partial charge in [-0.25, -0.2) is 10.4 Å². The Kier molecular flexibility index (Phi) is 4.37. The van der Waals surface area contributed by atoms with Crippen molar-refractivity contribution in [2.75, 3.05) is 13.2 Å². The SMILES string of the molecule is CCCOCC(NN)c1ncn[nH]1. The van der Waals surface area contributed by atoms with Crippen LogP contribution in [0.2, 0.25) is 0 Å². The van der Waals surface area contributed by atoms with Crippen LogP contribution < -0.4 is 11.3 Å². The highest BCUT2D eigenvalue weighted by Crippen LogP contribution is 2.04. The van der Waals surface area contributed by atoms with E-state index in [9.17, 15) is 0 Å². The maximum absolute atomic E-state index is 5.33. The Hall–Kier alpha value is -0.980. The zero-order valence-corrected chi connectivity index (χ0v) is 7.66. The highest BCUT2D eigenvalue weighted by atomic mass is 16.5. The Balaban J connectivity index is 2.35. The van der Waals surface area contributed by atoms with Crippen LogP contribution in [0.4, 0.5) is 0 Å². The molecule has 0 spiro atoms. The van der Waals surface area contributed by atoms with Crippen LogP contribution in [0.25, 0.3) is 0 Å². The zero-order valence-electron chi connectivity index (χ0n) is 7.66. The Labute approximate surface area is 76.8 Å². The van der Waals surface area contributed by atoms with Crippen molar-refractivity contribution in [1.82, 2.24) is 20.6 Å². The molecule has 6 nitrogen and oxygen atoms in total. The van der Waals surface area contributed by atoms with Gasteiger partial charge >= 0.3 is 0 Å². The quantitative estimate of drug-likeness (QED) is 0.322. The molecule has 1 unspecified atom stereocenters. The molecule has 1 rings (SSSR count). The number of rotatable bonds is 6. The molecule has 1 atom stereocenters. The van der Waals surface area contributed by atoms with E-state index in [1.165, 1.54) is 6.33 Å². The lowest BCUT2D eigenvalue weighted by Gasteiger charge is -2.12.